The van der Waals surface area contributed by atoms with E-state index in [0.29, 0.717) is 33.0 Å². The topological polar surface area (TPSA) is 111 Å². The third-order valence-electron chi connectivity index (χ3n) is 6.70. The summed E-state index contributed by atoms with van der Waals surface area (Å²) in [6.07, 6.45) is -3.45. The Morgan fingerprint density at radius 2 is 0.878 bits per heavy atom. The SMILES string of the molecule is [B][C@@H]1O[C@H](COC)C(OC)[C@@H]1F.[B][C@@H]1O[C@H](COC)C(OC)[C@@H]1OC.[B][C@@H]1O[C@H](COC)C(OC)[C@@H]1OCCOC. The van der Waals surface area contributed by atoms with Gasteiger partial charge in [-0.3, -0.25) is 0 Å². The number of alkyl halides is 1. The zero-order chi connectivity index (χ0) is 30.9. The Balaban J connectivity index is 0.000000311. The predicted molar refractivity (Wildman–Crippen MR) is 149 cm³/mol. The molecule has 0 saturated carbocycles. The molecule has 12 nitrogen and oxygen atoms in total. The molecule has 6 radical (unpaired) electrons. The van der Waals surface area contributed by atoms with Gasteiger partial charge in [-0.15, -0.1) is 0 Å². The average molecular weight is 590 g/mol. The Labute approximate surface area is 247 Å². The fourth-order valence-corrected chi connectivity index (χ4v) is 4.73. The second-order valence-corrected chi connectivity index (χ2v) is 9.36. The van der Waals surface area contributed by atoms with Crippen molar-refractivity contribution in [3.63, 3.8) is 0 Å². The van der Waals surface area contributed by atoms with Crippen LogP contribution in [0.15, 0.2) is 0 Å². The van der Waals surface area contributed by atoms with Crippen molar-refractivity contribution in [1.82, 2.24) is 0 Å². The van der Waals surface area contributed by atoms with E-state index in [1.165, 1.54) is 14.2 Å². The molecule has 0 N–H and O–H groups in total. The molecule has 3 saturated heterocycles. The molecule has 234 valence electrons. The summed E-state index contributed by atoms with van der Waals surface area (Å²) in [5, 5.41) is 0. The van der Waals surface area contributed by atoms with Crippen LogP contribution < -0.4 is 0 Å². The smallest absolute Gasteiger partial charge is 0.146 e. The van der Waals surface area contributed by atoms with Crippen LogP contribution in [0.3, 0.4) is 0 Å². The second-order valence-electron chi connectivity index (χ2n) is 9.36. The van der Waals surface area contributed by atoms with Gasteiger partial charge in [0, 0.05) is 68.9 Å². The number of rotatable bonds is 14. The van der Waals surface area contributed by atoms with Gasteiger partial charge in [0.1, 0.15) is 78.5 Å². The highest BCUT2D eigenvalue weighted by molar-refractivity contribution is 6.12. The fourth-order valence-electron chi connectivity index (χ4n) is 4.73. The van der Waals surface area contributed by atoms with Gasteiger partial charge in [-0.25, -0.2) is 4.39 Å². The largest absolute Gasteiger partial charge is 0.382 e. The zero-order valence-corrected chi connectivity index (χ0v) is 25.5. The maximum Gasteiger partial charge on any atom is 0.146 e. The molecule has 0 aromatic heterocycles. The lowest BCUT2D eigenvalue weighted by molar-refractivity contribution is -0.0629. The summed E-state index contributed by atoms with van der Waals surface area (Å²) in [4.78, 5) is 0. The molecule has 16 heteroatoms. The van der Waals surface area contributed by atoms with Crippen LogP contribution in [0.2, 0.25) is 0 Å². The van der Waals surface area contributed by atoms with Crippen LogP contribution in [0.5, 0.6) is 0 Å². The molecule has 3 aliphatic rings. The van der Waals surface area contributed by atoms with Crippen LogP contribution in [-0.4, -0.2) is 186 Å². The van der Waals surface area contributed by atoms with Crippen molar-refractivity contribution in [2.45, 2.75) is 73.0 Å². The van der Waals surface area contributed by atoms with Crippen molar-refractivity contribution in [1.29, 1.82) is 0 Å². The van der Waals surface area contributed by atoms with E-state index in [0.717, 1.165) is 0 Å². The summed E-state index contributed by atoms with van der Waals surface area (Å²) < 4.78 is 75.1. The number of methoxy groups -OCH3 is 8. The first kappa shape index (κ1) is 38.7. The Hall–Kier alpha value is -0.355. The van der Waals surface area contributed by atoms with E-state index in [1.807, 2.05) is 0 Å². The minimum absolute atomic E-state index is 0.144. The third-order valence-corrected chi connectivity index (χ3v) is 6.70. The highest BCUT2D eigenvalue weighted by Crippen LogP contribution is 2.26. The molecule has 3 aliphatic heterocycles. The van der Waals surface area contributed by atoms with Crippen LogP contribution >= 0.6 is 0 Å². The van der Waals surface area contributed by atoms with E-state index >= 15 is 0 Å². The molecular weight excluding hydrogens is 544 g/mol. The minimum Gasteiger partial charge on any atom is -0.382 e. The van der Waals surface area contributed by atoms with E-state index in [2.05, 4.69) is 0 Å². The first-order valence-corrected chi connectivity index (χ1v) is 13.2. The molecule has 3 rings (SSSR count). The predicted octanol–water partition coefficient (Wildman–Crippen LogP) is -0.992. The van der Waals surface area contributed by atoms with Gasteiger partial charge >= 0.3 is 0 Å². The van der Waals surface area contributed by atoms with E-state index in [-0.39, 0.29) is 36.6 Å². The van der Waals surface area contributed by atoms with Crippen molar-refractivity contribution in [3.8, 4) is 0 Å². The average Bonchev–Trinajstić information content (AvgIpc) is 3.53. The molecule has 41 heavy (non-hydrogen) atoms. The van der Waals surface area contributed by atoms with Crippen LogP contribution in [0.4, 0.5) is 4.39 Å². The molecule has 0 spiro atoms. The van der Waals surface area contributed by atoms with Gasteiger partial charge < -0.3 is 56.8 Å². The molecule has 3 heterocycles. The number of hydrogen-bond donors (Lipinski definition) is 0. The van der Waals surface area contributed by atoms with Gasteiger partial charge in [0.15, 0.2) is 0 Å². The third kappa shape index (κ3) is 11.6. The maximum absolute atomic E-state index is 13.1. The van der Waals surface area contributed by atoms with Gasteiger partial charge in [0.05, 0.1) is 39.0 Å². The number of halogens is 1. The van der Waals surface area contributed by atoms with Crippen LogP contribution in [0.1, 0.15) is 0 Å². The van der Waals surface area contributed by atoms with Crippen molar-refractivity contribution >= 4 is 23.5 Å². The Kier molecular flexibility index (Phi) is 20.1. The summed E-state index contributed by atoms with van der Waals surface area (Å²) in [5.41, 5.74) is 0. The first-order valence-electron chi connectivity index (χ1n) is 13.2. The van der Waals surface area contributed by atoms with Gasteiger partial charge in [0.2, 0.25) is 0 Å². The van der Waals surface area contributed by atoms with Gasteiger partial charge in [0.25, 0.3) is 0 Å². The van der Waals surface area contributed by atoms with Gasteiger partial charge in [-0.1, -0.05) is 0 Å². The molecule has 0 bridgehead atoms. The lowest BCUT2D eigenvalue weighted by Gasteiger charge is -2.22. The van der Waals surface area contributed by atoms with Crippen LogP contribution in [-0.2, 0) is 56.8 Å². The summed E-state index contributed by atoms with van der Waals surface area (Å²) >= 11 is 0. The molecule has 0 amide bonds. The van der Waals surface area contributed by atoms with Crippen LogP contribution in [0, 0.1) is 0 Å². The van der Waals surface area contributed by atoms with Gasteiger partial charge in [-0.2, -0.15) is 0 Å². The normalized spacial score (nSPS) is 38.3. The standard InChI is InChI=1S/C10H19BO5.C8H15BO4.C7H12BFO3/c1-12-4-5-15-9-8(14-3)7(6-13-2)16-10(9)11;1-10-4-5-6(11-2)7(12-3)8(9)13-5;1-10-3-4-6(11-2)5(9)7(8)12-4/h7-10H,4-6H2,1-3H3;5-8H,4H2,1-3H3;4-7H,3H2,1-2H3/t7-,8?,9+,10-;5-,6?,7+,8-;4-,5+,6?,7-/m111/s1. The molecule has 3 fully saturated rings. The van der Waals surface area contributed by atoms with Crippen molar-refractivity contribution in [2.24, 2.45) is 0 Å². The lowest BCUT2D eigenvalue weighted by atomic mass is 9.93. The monoisotopic (exact) mass is 590 g/mol. The molecule has 0 aliphatic carbocycles. The lowest BCUT2D eigenvalue weighted by Crippen LogP contribution is -2.39. The highest BCUT2D eigenvalue weighted by Gasteiger charge is 2.44. The Morgan fingerprint density at radius 1 is 0.488 bits per heavy atom. The Bertz CT molecular complexity index is 663. The van der Waals surface area contributed by atoms with Crippen molar-refractivity contribution in [2.75, 3.05) is 89.9 Å². The van der Waals surface area contributed by atoms with E-state index in [9.17, 15) is 4.39 Å². The van der Waals surface area contributed by atoms with Crippen molar-refractivity contribution < 1.29 is 61.2 Å². The molecule has 12 atom stereocenters. The van der Waals surface area contributed by atoms with E-state index < -0.39 is 36.4 Å². The molecule has 3 unspecified atom stereocenters. The first-order chi connectivity index (χ1) is 19.7. The fraction of sp³-hybridized carbons (Fsp3) is 1.00. The highest BCUT2D eigenvalue weighted by atomic mass is 19.1. The van der Waals surface area contributed by atoms with E-state index in [1.54, 1.807) is 42.7 Å². The summed E-state index contributed by atoms with van der Waals surface area (Å²) in [6.45, 7) is 2.20. The summed E-state index contributed by atoms with van der Waals surface area (Å²) in [6, 6.07) is -1.81. The van der Waals surface area contributed by atoms with E-state index in [4.69, 9.17) is 80.4 Å². The summed E-state index contributed by atoms with van der Waals surface area (Å²) in [5.74, 6) is 0. The quantitative estimate of drug-likeness (QED) is 0.183. The second kappa shape index (κ2) is 21.4. The van der Waals surface area contributed by atoms with Crippen molar-refractivity contribution in [3.05, 3.63) is 0 Å². The summed E-state index contributed by atoms with van der Waals surface area (Å²) in [7, 11) is 29.5. The molecular formula is C25H46B3FO12. The molecule has 0 aromatic rings. The molecule has 0 aromatic carbocycles. The minimum atomic E-state index is -1.27. The number of hydrogen-bond acceptors (Lipinski definition) is 12. The van der Waals surface area contributed by atoms with Gasteiger partial charge in [-0.05, 0) is 0 Å². The van der Waals surface area contributed by atoms with Crippen LogP contribution in [0.25, 0.3) is 0 Å². The number of ether oxygens (including phenoxy) is 12. The Morgan fingerprint density at radius 3 is 1.29 bits per heavy atom. The maximum atomic E-state index is 13.1. The zero-order valence-electron chi connectivity index (χ0n) is 25.5.